The summed E-state index contributed by atoms with van der Waals surface area (Å²) in [5.41, 5.74) is 3.30. The van der Waals surface area contributed by atoms with Gasteiger partial charge in [0, 0.05) is 0 Å². The number of aromatic nitrogens is 1. The summed E-state index contributed by atoms with van der Waals surface area (Å²) in [4.78, 5) is 5.52. The predicted octanol–water partition coefficient (Wildman–Crippen LogP) is 1.48. The quantitative estimate of drug-likeness (QED) is 0.199. The molecule has 6 rings (SSSR count). The maximum absolute atomic E-state index is 14.0. The Morgan fingerprint density at radius 3 is 1.31 bits per heavy atom. The molecule has 0 unspecified atom stereocenters. The first kappa shape index (κ1) is 30.0. The third kappa shape index (κ3) is 6.77. The first-order chi connectivity index (χ1) is 20.3. The average molecular weight is 663 g/mol. The van der Waals surface area contributed by atoms with Crippen molar-refractivity contribution in [1.29, 1.82) is 0 Å². The Kier molecular flexibility index (Phi) is 9.44. The number of nitrogens with zero attached hydrogens (tertiary/aromatic N) is 1. The summed E-state index contributed by atoms with van der Waals surface area (Å²) in [5, 5.41) is 3.78. The molecule has 0 aliphatic heterocycles. The third-order valence-electron chi connectivity index (χ3n) is 6.48. The van der Waals surface area contributed by atoms with Crippen LogP contribution >= 0.6 is 7.26 Å². The number of hydrogen-bond acceptors (Lipinski definition) is 5. The van der Waals surface area contributed by atoms with Crippen molar-refractivity contribution < 1.29 is 33.3 Å². The van der Waals surface area contributed by atoms with Crippen molar-refractivity contribution in [2.75, 3.05) is 0 Å². The fourth-order valence-electron chi connectivity index (χ4n) is 4.80. The minimum absolute atomic E-state index is 0.0435. The van der Waals surface area contributed by atoms with Gasteiger partial charge in [-0.05, 0) is 0 Å². The van der Waals surface area contributed by atoms with E-state index in [1.165, 1.54) is 20.4 Å². The molecular weight excluding hydrogens is 639 g/mol. The average Bonchev–Trinajstić information content (AvgIpc) is 3.45. The van der Waals surface area contributed by atoms with Gasteiger partial charge in [-0.3, -0.25) is 0 Å². The molecule has 1 aromatic heterocycles. The molecule has 0 saturated carbocycles. The molecule has 6 aromatic rings. The molecule has 42 heavy (non-hydrogen) atoms. The van der Waals surface area contributed by atoms with E-state index in [9.17, 15) is 4.39 Å². The summed E-state index contributed by atoms with van der Waals surface area (Å²) in [6, 6.07) is 49.8. The third-order valence-corrected chi connectivity index (χ3v) is 13.4. The van der Waals surface area contributed by atoms with Crippen molar-refractivity contribution in [3.8, 4) is 20.1 Å². The SMILES string of the molecule is Fc1ccc(-c2[se]c(-c3ccccc3)nc2[P+](c2ccccc2)(c2ccccc2)c2ccccc2)cc1.[O-][Cl+3]([O-])([O-])[O-]. The summed E-state index contributed by atoms with van der Waals surface area (Å²) in [6.07, 6.45) is 0. The molecule has 0 atom stereocenters. The Bertz CT molecular complexity index is 1610. The summed E-state index contributed by atoms with van der Waals surface area (Å²) in [7, 11) is -7.32. The molecule has 0 bridgehead atoms. The van der Waals surface area contributed by atoms with Gasteiger partial charge in [0.1, 0.15) is 0 Å². The van der Waals surface area contributed by atoms with Gasteiger partial charge < -0.3 is 0 Å². The van der Waals surface area contributed by atoms with Crippen LogP contribution in [0.25, 0.3) is 20.1 Å². The first-order valence-corrected chi connectivity index (χ1v) is 17.5. The Morgan fingerprint density at radius 2 is 0.905 bits per heavy atom. The van der Waals surface area contributed by atoms with Gasteiger partial charge in [0.25, 0.3) is 0 Å². The Hall–Kier alpha value is -3.48. The van der Waals surface area contributed by atoms with Crippen molar-refractivity contribution in [2.24, 2.45) is 0 Å². The van der Waals surface area contributed by atoms with E-state index in [2.05, 4.69) is 115 Å². The van der Waals surface area contributed by atoms with E-state index in [-0.39, 0.29) is 20.3 Å². The van der Waals surface area contributed by atoms with Gasteiger partial charge in [0.05, 0.1) is 0 Å². The van der Waals surface area contributed by atoms with E-state index in [0.29, 0.717) is 0 Å². The molecule has 0 fully saturated rings. The van der Waals surface area contributed by atoms with Crippen molar-refractivity contribution >= 4 is 43.1 Å². The van der Waals surface area contributed by atoms with E-state index in [0.717, 1.165) is 21.1 Å². The molecule has 0 amide bonds. The summed E-state index contributed by atoms with van der Waals surface area (Å²) >= 11 is -0.0435. The van der Waals surface area contributed by atoms with Gasteiger partial charge in [-0.1, -0.05) is 0 Å². The van der Waals surface area contributed by atoms with E-state index in [1.807, 2.05) is 18.2 Å². The summed E-state index contributed by atoms with van der Waals surface area (Å²) in [6.45, 7) is 0. The molecular formula is C33H24ClFNO4PSe. The van der Waals surface area contributed by atoms with Crippen LogP contribution in [0.1, 0.15) is 0 Å². The number of halogens is 2. The zero-order chi connectivity index (χ0) is 29.6. The molecule has 0 N–H and O–H groups in total. The minimum atomic E-state index is -4.94. The molecule has 0 saturated heterocycles. The Labute approximate surface area is 252 Å². The van der Waals surface area contributed by atoms with Crippen molar-refractivity contribution in [3.63, 3.8) is 0 Å². The standard InChI is InChI=1S/C33H24FNPSe.ClHO4/c34-27-23-21-25(22-24-27)31-32(35-33(37-31)26-13-5-1-6-14-26)36(28-15-7-2-8-16-28,29-17-9-3-10-18-29)30-19-11-4-12-20-30;2-1(3,4)5/h1-24H;(H,2,3,4,5)/q+1;/p-1. The molecule has 1 heterocycles. The van der Waals surface area contributed by atoms with Crippen molar-refractivity contribution in [2.45, 2.75) is 0 Å². The zero-order valence-corrected chi connectivity index (χ0v) is 25.4. The fraction of sp³-hybridized carbons (Fsp3) is 0. The molecule has 0 spiro atoms. The van der Waals surface area contributed by atoms with E-state index in [4.69, 9.17) is 23.6 Å². The summed E-state index contributed by atoms with van der Waals surface area (Å²) in [5.74, 6) is -0.226. The monoisotopic (exact) mass is 663 g/mol. The maximum atomic E-state index is 14.0. The van der Waals surface area contributed by atoms with Crippen LogP contribution in [-0.4, -0.2) is 19.5 Å². The van der Waals surface area contributed by atoms with Crippen LogP contribution in [0.15, 0.2) is 146 Å². The van der Waals surface area contributed by atoms with E-state index < -0.39 is 17.5 Å². The van der Waals surface area contributed by atoms with Crippen LogP contribution in [-0.2, 0) is 0 Å². The van der Waals surface area contributed by atoms with Gasteiger partial charge >= 0.3 is 224 Å². The van der Waals surface area contributed by atoms with Crippen LogP contribution in [0.5, 0.6) is 0 Å². The normalized spacial score (nSPS) is 11.5. The van der Waals surface area contributed by atoms with Crippen LogP contribution in [0, 0.1) is 16.1 Å². The van der Waals surface area contributed by atoms with Gasteiger partial charge in [-0.15, -0.1) is 10.2 Å². The van der Waals surface area contributed by atoms with E-state index in [1.54, 1.807) is 12.1 Å². The zero-order valence-electron chi connectivity index (χ0n) is 22.0. The van der Waals surface area contributed by atoms with Crippen molar-refractivity contribution in [1.82, 2.24) is 4.98 Å². The van der Waals surface area contributed by atoms with Gasteiger partial charge in [-0.25, -0.2) is 18.6 Å². The number of benzene rings is 5. The van der Waals surface area contributed by atoms with Crippen LogP contribution in [0.3, 0.4) is 0 Å². The molecule has 5 aromatic carbocycles. The van der Waals surface area contributed by atoms with Gasteiger partial charge in [0.15, 0.2) is 0 Å². The smallest absolute Gasteiger partial charge is 0.112 e. The Morgan fingerprint density at radius 1 is 0.524 bits per heavy atom. The van der Waals surface area contributed by atoms with Crippen LogP contribution in [0.2, 0.25) is 0 Å². The largest absolute Gasteiger partial charge is 0.222 e. The van der Waals surface area contributed by atoms with Gasteiger partial charge in [0.2, 0.25) is 0 Å². The molecule has 0 aliphatic carbocycles. The van der Waals surface area contributed by atoms with Crippen LogP contribution < -0.4 is 40.0 Å². The van der Waals surface area contributed by atoms with Gasteiger partial charge in [-0.2, -0.15) is 0 Å². The first-order valence-electron chi connectivity index (χ1n) is 12.8. The van der Waals surface area contributed by atoms with Crippen molar-refractivity contribution in [3.05, 3.63) is 151 Å². The molecule has 0 aliphatic rings. The minimum Gasteiger partial charge on any atom is -0.222 e. The second-order valence-electron chi connectivity index (χ2n) is 9.10. The maximum Gasteiger partial charge on any atom is -0.112 e. The molecule has 0 radical (unpaired) electrons. The number of rotatable bonds is 6. The second-order valence-corrected chi connectivity index (χ2v) is 15.3. The Balaban J connectivity index is 0.000000652. The second kappa shape index (κ2) is 13.2. The molecule has 9 heteroatoms. The number of hydrogen-bond donors (Lipinski definition) is 0. The summed E-state index contributed by atoms with van der Waals surface area (Å²) < 4.78 is 50.3. The molecule has 210 valence electrons. The molecule has 5 nitrogen and oxygen atoms in total. The topological polar surface area (TPSA) is 105 Å². The fourth-order valence-corrected chi connectivity index (χ4v) is 12.3. The predicted molar refractivity (Wildman–Crippen MR) is 157 cm³/mol. The van der Waals surface area contributed by atoms with E-state index >= 15 is 0 Å². The van der Waals surface area contributed by atoms with Crippen LogP contribution in [0.4, 0.5) is 4.39 Å².